The summed E-state index contributed by atoms with van der Waals surface area (Å²) >= 11 is 0. The molecule has 1 unspecified atom stereocenters. The van der Waals surface area contributed by atoms with Gasteiger partial charge in [0.25, 0.3) is 0 Å². The minimum atomic E-state index is -0.454. The van der Waals surface area contributed by atoms with Crippen molar-refractivity contribution in [1.82, 2.24) is 5.32 Å². The smallest absolute Gasteiger partial charge is 0.369 e. The van der Waals surface area contributed by atoms with Gasteiger partial charge in [-0.2, -0.15) is 0 Å². The Labute approximate surface area is 96.3 Å². The maximum atomic E-state index is 11.6. The second-order valence-corrected chi connectivity index (χ2v) is 5.24. The third kappa shape index (κ3) is 4.72. The van der Waals surface area contributed by atoms with Gasteiger partial charge in [0.1, 0.15) is 6.04 Å². The fraction of sp³-hybridized carbons (Fsp3) is 0.818. The number of ether oxygens (including phenoxy) is 1. The molecule has 0 radical (unpaired) electrons. The molecule has 1 atom stereocenters. The number of rotatable bonds is 3. The second kappa shape index (κ2) is 5.41. The lowest BCUT2D eigenvalue weighted by Crippen LogP contribution is -2.45. The van der Waals surface area contributed by atoms with Gasteiger partial charge in [-0.1, -0.05) is 6.42 Å². The van der Waals surface area contributed by atoms with E-state index in [0.717, 1.165) is 25.8 Å². The van der Waals surface area contributed by atoms with Gasteiger partial charge in [-0.05, 0) is 19.4 Å². The number of hydrogen-bond acceptors (Lipinski definition) is 4. The van der Waals surface area contributed by atoms with Gasteiger partial charge >= 0.3 is 11.9 Å². The zero-order valence-corrected chi connectivity index (χ0v) is 10.3. The van der Waals surface area contributed by atoms with E-state index in [4.69, 9.17) is 4.74 Å². The van der Waals surface area contributed by atoms with Crippen LogP contribution in [0.5, 0.6) is 0 Å². The largest absolute Gasteiger partial charge is 0.388 e. The van der Waals surface area contributed by atoms with Gasteiger partial charge in [0.15, 0.2) is 6.54 Å². The van der Waals surface area contributed by atoms with Crippen LogP contribution in [0.15, 0.2) is 0 Å². The zero-order chi connectivity index (χ0) is 12.2. The van der Waals surface area contributed by atoms with Crippen molar-refractivity contribution >= 4 is 11.9 Å². The van der Waals surface area contributed by atoms with Crippen LogP contribution < -0.4 is 5.32 Å². The summed E-state index contributed by atoms with van der Waals surface area (Å²) in [5.74, 6) is -0.886. The van der Waals surface area contributed by atoms with E-state index in [-0.39, 0.29) is 12.6 Å². The van der Waals surface area contributed by atoms with Gasteiger partial charge in [0.05, 0.1) is 21.1 Å². The van der Waals surface area contributed by atoms with E-state index in [1.165, 1.54) is 0 Å². The van der Waals surface area contributed by atoms with Crippen molar-refractivity contribution in [2.75, 3.05) is 34.2 Å². The number of hydrogen-bond donors (Lipinski definition) is 1. The SMILES string of the molecule is C[N+](C)(C)CC(=O)OC(=O)C1CCCCN1. The summed E-state index contributed by atoms with van der Waals surface area (Å²) in [6.07, 6.45) is 2.85. The molecule has 0 aromatic rings. The Morgan fingerprint density at radius 3 is 2.50 bits per heavy atom. The van der Waals surface area contributed by atoms with E-state index in [0.29, 0.717) is 4.48 Å². The van der Waals surface area contributed by atoms with Crippen LogP contribution in [0.3, 0.4) is 0 Å². The average molecular weight is 229 g/mol. The standard InChI is InChI=1S/C11H21N2O3/c1-13(2,3)8-10(14)16-11(15)9-6-4-5-7-12-9/h9,12H,4-8H2,1-3H3/q+1. The molecular formula is C11H21N2O3+. The van der Waals surface area contributed by atoms with Gasteiger partial charge in [-0.25, -0.2) is 9.59 Å². The van der Waals surface area contributed by atoms with Crippen LogP contribution in [-0.2, 0) is 14.3 Å². The molecule has 1 rings (SSSR count). The summed E-state index contributed by atoms with van der Waals surface area (Å²) in [6.45, 7) is 1.03. The highest BCUT2D eigenvalue weighted by atomic mass is 16.6. The van der Waals surface area contributed by atoms with Crippen molar-refractivity contribution in [2.24, 2.45) is 0 Å². The Balaban J connectivity index is 2.35. The number of nitrogens with zero attached hydrogens (tertiary/aromatic N) is 1. The normalized spacial score (nSPS) is 21.6. The number of nitrogens with one attached hydrogen (secondary N) is 1. The van der Waals surface area contributed by atoms with Crippen LogP contribution >= 0.6 is 0 Å². The molecule has 16 heavy (non-hydrogen) atoms. The number of likely N-dealkylation sites (N-methyl/N-ethyl adjacent to an activating group) is 1. The minimum absolute atomic E-state index is 0.207. The lowest BCUT2D eigenvalue weighted by atomic mass is 10.1. The van der Waals surface area contributed by atoms with Crippen molar-refractivity contribution < 1.29 is 18.8 Å². The molecule has 1 fully saturated rings. The molecule has 1 aliphatic heterocycles. The molecule has 0 aliphatic carbocycles. The van der Waals surface area contributed by atoms with E-state index in [1.54, 1.807) is 0 Å². The van der Waals surface area contributed by atoms with E-state index >= 15 is 0 Å². The third-order valence-electron chi connectivity index (χ3n) is 2.41. The molecule has 0 aromatic heterocycles. The first-order chi connectivity index (χ1) is 7.38. The summed E-state index contributed by atoms with van der Waals surface area (Å²) in [5.41, 5.74) is 0. The Kier molecular flexibility index (Phi) is 4.44. The fourth-order valence-corrected chi connectivity index (χ4v) is 1.66. The third-order valence-corrected chi connectivity index (χ3v) is 2.41. The van der Waals surface area contributed by atoms with Crippen LogP contribution in [0, 0.1) is 0 Å². The first kappa shape index (κ1) is 13.1. The molecule has 1 heterocycles. The molecule has 5 nitrogen and oxygen atoms in total. The molecule has 0 bridgehead atoms. The Morgan fingerprint density at radius 2 is 2.00 bits per heavy atom. The number of esters is 2. The lowest BCUT2D eigenvalue weighted by molar-refractivity contribution is -0.862. The highest BCUT2D eigenvalue weighted by molar-refractivity contribution is 5.88. The predicted molar refractivity (Wildman–Crippen MR) is 59.6 cm³/mol. The molecule has 0 saturated carbocycles. The number of quaternary nitrogens is 1. The maximum Gasteiger partial charge on any atom is 0.369 e. The Hall–Kier alpha value is -0.940. The quantitative estimate of drug-likeness (QED) is 0.417. The zero-order valence-electron chi connectivity index (χ0n) is 10.3. The molecule has 0 aromatic carbocycles. The Bertz CT molecular complexity index is 265. The summed E-state index contributed by atoms with van der Waals surface area (Å²) in [5, 5.41) is 3.06. The first-order valence-electron chi connectivity index (χ1n) is 5.67. The molecule has 5 heteroatoms. The van der Waals surface area contributed by atoms with Crippen LogP contribution in [0.1, 0.15) is 19.3 Å². The van der Waals surface area contributed by atoms with Gasteiger partial charge in [-0.3, -0.25) is 0 Å². The van der Waals surface area contributed by atoms with Crippen molar-refractivity contribution in [3.05, 3.63) is 0 Å². The molecule has 1 aliphatic rings. The highest BCUT2D eigenvalue weighted by Crippen LogP contribution is 2.08. The van der Waals surface area contributed by atoms with Crippen molar-refractivity contribution in [3.8, 4) is 0 Å². The molecule has 0 amide bonds. The van der Waals surface area contributed by atoms with Crippen molar-refractivity contribution in [1.29, 1.82) is 0 Å². The highest BCUT2D eigenvalue weighted by Gasteiger charge is 2.26. The van der Waals surface area contributed by atoms with Gasteiger partial charge < -0.3 is 14.5 Å². The van der Waals surface area contributed by atoms with Crippen LogP contribution in [0.2, 0.25) is 0 Å². The van der Waals surface area contributed by atoms with Crippen LogP contribution in [-0.4, -0.2) is 56.7 Å². The van der Waals surface area contributed by atoms with E-state index < -0.39 is 11.9 Å². The Morgan fingerprint density at radius 1 is 1.31 bits per heavy atom. The van der Waals surface area contributed by atoms with Crippen LogP contribution in [0.4, 0.5) is 0 Å². The fourth-order valence-electron chi connectivity index (χ4n) is 1.66. The minimum Gasteiger partial charge on any atom is -0.388 e. The monoisotopic (exact) mass is 229 g/mol. The summed E-state index contributed by atoms with van der Waals surface area (Å²) < 4.78 is 5.27. The van der Waals surface area contributed by atoms with Gasteiger partial charge in [0, 0.05) is 0 Å². The van der Waals surface area contributed by atoms with Gasteiger partial charge in [0.2, 0.25) is 0 Å². The molecule has 0 spiro atoms. The molecular weight excluding hydrogens is 208 g/mol. The van der Waals surface area contributed by atoms with E-state index in [2.05, 4.69) is 5.32 Å². The molecule has 1 saturated heterocycles. The summed E-state index contributed by atoms with van der Waals surface area (Å²) in [4.78, 5) is 23.0. The number of carbonyl (C=O) groups excluding carboxylic acids is 2. The van der Waals surface area contributed by atoms with Crippen LogP contribution in [0.25, 0.3) is 0 Å². The van der Waals surface area contributed by atoms with Crippen molar-refractivity contribution in [3.63, 3.8) is 0 Å². The average Bonchev–Trinajstić information content (AvgIpc) is 2.16. The van der Waals surface area contributed by atoms with Gasteiger partial charge in [-0.15, -0.1) is 0 Å². The van der Waals surface area contributed by atoms with E-state index in [1.807, 2.05) is 21.1 Å². The summed E-state index contributed by atoms with van der Waals surface area (Å²) in [6, 6.07) is -0.301. The lowest BCUT2D eigenvalue weighted by Gasteiger charge is -2.24. The molecule has 92 valence electrons. The topological polar surface area (TPSA) is 55.4 Å². The molecule has 1 N–H and O–H groups in total. The number of carbonyl (C=O) groups is 2. The van der Waals surface area contributed by atoms with Crippen molar-refractivity contribution in [2.45, 2.75) is 25.3 Å². The summed E-state index contributed by atoms with van der Waals surface area (Å²) in [7, 11) is 5.64. The predicted octanol–water partition coefficient (Wildman–Crippen LogP) is -0.0955. The second-order valence-electron chi connectivity index (χ2n) is 5.24. The van der Waals surface area contributed by atoms with E-state index in [9.17, 15) is 9.59 Å². The maximum absolute atomic E-state index is 11.6. The number of piperidine rings is 1. The first-order valence-corrected chi connectivity index (χ1v) is 5.67.